The van der Waals surface area contributed by atoms with E-state index in [0.717, 1.165) is 12.8 Å². The molecule has 1 heterocycles. The van der Waals surface area contributed by atoms with Crippen molar-refractivity contribution >= 4 is 11.6 Å². The van der Waals surface area contributed by atoms with Crippen LogP contribution in [0.1, 0.15) is 26.7 Å². The van der Waals surface area contributed by atoms with E-state index in [9.17, 15) is 4.79 Å². The highest BCUT2D eigenvalue weighted by atomic mass is 16.7. The summed E-state index contributed by atoms with van der Waals surface area (Å²) in [6, 6.07) is 5.33. The summed E-state index contributed by atoms with van der Waals surface area (Å²) >= 11 is 0. The van der Waals surface area contributed by atoms with Crippen LogP contribution in [-0.2, 0) is 4.79 Å². The molecule has 3 N–H and O–H groups in total. The molecule has 1 fully saturated rings. The molecular weight excluding hydrogens is 232 g/mol. The van der Waals surface area contributed by atoms with Crippen molar-refractivity contribution in [2.75, 3.05) is 5.32 Å². The van der Waals surface area contributed by atoms with E-state index in [4.69, 9.17) is 15.2 Å². The van der Waals surface area contributed by atoms with Crippen molar-refractivity contribution in [3.05, 3.63) is 18.2 Å². The maximum absolute atomic E-state index is 11.8. The summed E-state index contributed by atoms with van der Waals surface area (Å²) in [5.41, 5.74) is 5.83. The average molecular weight is 248 g/mol. The number of carbonyl (C=O) groups is 1. The Morgan fingerprint density at radius 1 is 1.28 bits per heavy atom. The minimum absolute atomic E-state index is 0.138. The van der Waals surface area contributed by atoms with Crippen molar-refractivity contribution in [1.29, 1.82) is 0 Å². The SMILES string of the molecule is CC1(C)Oc2ccc(NC(=O)C3(N)CC3)cc2O1. The lowest BCUT2D eigenvalue weighted by atomic mass is 10.2. The normalized spacial score (nSPS) is 21.5. The minimum Gasteiger partial charge on any atom is -0.449 e. The molecule has 2 aliphatic rings. The zero-order valence-electron chi connectivity index (χ0n) is 10.4. The first-order chi connectivity index (χ1) is 8.38. The number of anilines is 1. The second kappa shape index (κ2) is 3.38. The number of benzene rings is 1. The van der Waals surface area contributed by atoms with Crippen LogP contribution in [0, 0.1) is 0 Å². The second-order valence-electron chi connectivity index (χ2n) is 5.38. The first-order valence-corrected chi connectivity index (χ1v) is 6.00. The van der Waals surface area contributed by atoms with Crippen LogP contribution in [0.4, 0.5) is 5.69 Å². The third kappa shape index (κ3) is 1.90. The Balaban J connectivity index is 1.78. The number of ether oxygens (including phenoxy) is 2. The standard InChI is InChI=1S/C13H16N2O3/c1-12(2)17-9-4-3-8(7-10(9)18-12)15-11(16)13(14)5-6-13/h3-4,7H,5-6,14H2,1-2H3,(H,15,16). The molecule has 3 rings (SSSR count). The van der Waals surface area contributed by atoms with Gasteiger partial charge in [0.2, 0.25) is 11.7 Å². The molecule has 1 aromatic carbocycles. The number of rotatable bonds is 2. The third-order valence-corrected chi connectivity index (χ3v) is 3.15. The number of nitrogens with two attached hydrogens (primary N) is 1. The van der Waals surface area contributed by atoms with Gasteiger partial charge in [-0.1, -0.05) is 0 Å². The van der Waals surface area contributed by atoms with E-state index in [-0.39, 0.29) is 5.91 Å². The van der Waals surface area contributed by atoms with Crippen LogP contribution in [0.3, 0.4) is 0 Å². The number of nitrogens with one attached hydrogen (secondary N) is 1. The van der Waals surface area contributed by atoms with Gasteiger partial charge >= 0.3 is 0 Å². The molecular formula is C13H16N2O3. The number of amides is 1. The molecule has 0 bridgehead atoms. The summed E-state index contributed by atoms with van der Waals surface area (Å²) in [5.74, 6) is 0.531. The first-order valence-electron chi connectivity index (χ1n) is 6.00. The summed E-state index contributed by atoms with van der Waals surface area (Å²) in [6.07, 6.45) is 1.49. The highest BCUT2D eigenvalue weighted by Crippen LogP contribution is 2.41. The molecule has 1 aliphatic carbocycles. The topological polar surface area (TPSA) is 73.6 Å². The van der Waals surface area contributed by atoms with Gasteiger partial charge < -0.3 is 20.5 Å². The van der Waals surface area contributed by atoms with Gasteiger partial charge in [-0.15, -0.1) is 0 Å². The van der Waals surface area contributed by atoms with Crippen LogP contribution in [0.2, 0.25) is 0 Å². The van der Waals surface area contributed by atoms with E-state index in [1.54, 1.807) is 18.2 Å². The highest BCUT2D eigenvalue weighted by Gasteiger charge is 2.46. The molecule has 18 heavy (non-hydrogen) atoms. The summed E-state index contributed by atoms with van der Waals surface area (Å²) in [5, 5.41) is 2.80. The Morgan fingerprint density at radius 2 is 1.94 bits per heavy atom. The monoisotopic (exact) mass is 248 g/mol. The van der Waals surface area contributed by atoms with Crippen molar-refractivity contribution in [2.45, 2.75) is 38.0 Å². The van der Waals surface area contributed by atoms with Gasteiger partial charge in [-0.25, -0.2) is 0 Å². The van der Waals surface area contributed by atoms with Crippen LogP contribution in [0.25, 0.3) is 0 Å². The Morgan fingerprint density at radius 3 is 2.61 bits per heavy atom. The van der Waals surface area contributed by atoms with Gasteiger partial charge in [0.15, 0.2) is 11.5 Å². The zero-order chi connectivity index (χ0) is 13.0. The van der Waals surface area contributed by atoms with E-state index < -0.39 is 11.3 Å². The Bertz CT molecular complexity index is 521. The van der Waals surface area contributed by atoms with Crippen molar-refractivity contribution in [3.8, 4) is 11.5 Å². The highest BCUT2D eigenvalue weighted by molar-refractivity contribution is 6.00. The predicted octanol–water partition coefficient (Wildman–Crippen LogP) is 1.62. The van der Waals surface area contributed by atoms with E-state index in [1.165, 1.54) is 0 Å². The lowest BCUT2D eigenvalue weighted by Gasteiger charge is -2.16. The molecule has 0 atom stereocenters. The fourth-order valence-corrected chi connectivity index (χ4v) is 1.92. The largest absolute Gasteiger partial charge is 0.449 e. The number of hydrogen-bond acceptors (Lipinski definition) is 4. The fourth-order valence-electron chi connectivity index (χ4n) is 1.92. The lowest BCUT2D eigenvalue weighted by molar-refractivity contribution is -0.118. The van der Waals surface area contributed by atoms with Crippen molar-refractivity contribution < 1.29 is 14.3 Å². The molecule has 1 saturated carbocycles. The summed E-state index contributed by atoms with van der Waals surface area (Å²) in [6.45, 7) is 3.68. The van der Waals surface area contributed by atoms with Gasteiger partial charge in [0.25, 0.3) is 0 Å². The van der Waals surface area contributed by atoms with Crippen LogP contribution in [-0.4, -0.2) is 17.2 Å². The number of carbonyl (C=O) groups excluding carboxylic acids is 1. The van der Waals surface area contributed by atoms with E-state index >= 15 is 0 Å². The molecule has 0 spiro atoms. The second-order valence-corrected chi connectivity index (χ2v) is 5.38. The summed E-state index contributed by atoms with van der Waals surface area (Å²) < 4.78 is 11.2. The molecule has 0 saturated heterocycles. The van der Waals surface area contributed by atoms with E-state index in [2.05, 4.69) is 5.32 Å². The van der Waals surface area contributed by atoms with Crippen LogP contribution < -0.4 is 20.5 Å². The molecule has 1 amide bonds. The Hall–Kier alpha value is -1.75. The molecule has 0 aromatic heterocycles. The number of hydrogen-bond donors (Lipinski definition) is 2. The number of fused-ring (bicyclic) bond motifs is 1. The molecule has 1 aliphatic heterocycles. The van der Waals surface area contributed by atoms with Gasteiger partial charge in [0, 0.05) is 25.6 Å². The summed E-state index contributed by atoms with van der Waals surface area (Å²) in [7, 11) is 0. The molecule has 5 heteroatoms. The summed E-state index contributed by atoms with van der Waals surface area (Å²) in [4.78, 5) is 11.8. The predicted molar refractivity (Wildman–Crippen MR) is 66.6 cm³/mol. The van der Waals surface area contributed by atoms with Crippen LogP contribution in [0.15, 0.2) is 18.2 Å². The maximum Gasteiger partial charge on any atom is 0.246 e. The van der Waals surface area contributed by atoms with E-state index in [1.807, 2.05) is 13.8 Å². The van der Waals surface area contributed by atoms with Crippen molar-refractivity contribution in [1.82, 2.24) is 0 Å². The Kier molecular flexibility index (Phi) is 2.13. The molecule has 5 nitrogen and oxygen atoms in total. The quantitative estimate of drug-likeness (QED) is 0.834. The fraction of sp³-hybridized carbons (Fsp3) is 0.462. The van der Waals surface area contributed by atoms with Crippen LogP contribution in [0.5, 0.6) is 11.5 Å². The third-order valence-electron chi connectivity index (χ3n) is 3.15. The molecule has 0 unspecified atom stereocenters. The first kappa shape index (κ1) is 11.3. The van der Waals surface area contributed by atoms with Crippen molar-refractivity contribution in [2.24, 2.45) is 5.73 Å². The van der Waals surface area contributed by atoms with Gasteiger partial charge in [-0.2, -0.15) is 0 Å². The molecule has 96 valence electrons. The van der Waals surface area contributed by atoms with Crippen molar-refractivity contribution in [3.63, 3.8) is 0 Å². The van der Waals surface area contributed by atoms with Gasteiger partial charge in [-0.3, -0.25) is 4.79 Å². The Labute approximate surface area is 105 Å². The smallest absolute Gasteiger partial charge is 0.246 e. The zero-order valence-corrected chi connectivity index (χ0v) is 10.4. The van der Waals surface area contributed by atoms with Gasteiger partial charge in [0.05, 0.1) is 5.54 Å². The lowest BCUT2D eigenvalue weighted by Crippen LogP contribution is -2.37. The average Bonchev–Trinajstić information content (AvgIpc) is 2.93. The minimum atomic E-state index is -0.671. The van der Waals surface area contributed by atoms with Gasteiger partial charge in [0.1, 0.15) is 0 Å². The van der Waals surface area contributed by atoms with E-state index in [0.29, 0.717) is 17.2 Å². The molecule has 0 radical (unpaired) electrons. The van der Waals surface area contributed by atoms with Crippen LogP contribution >= 0.6 is 0 Å². The molecule has 1 aromatic rings. The maximum atomic E-state index is 11.8. The van der Waals surface area contributed by atoms with Gasteiger partial charge in [-0.05, 0) is 25.0 Å².